The van der Waals surface area contributed by atoms with E-state index in [9.17, 15) is 33.9 Å². The molecule has 4 aliphatic rings. The van der Waals surface area contributed by atoms with E-state index in [-0.39, 0.29) is 49.7 Å². The van der Waals surface area contributed by atoms with E-state index < -0.39 is 64.7 Å². The molecule has 3 fully saturated rings. The quantitative estimate of drug-likeness (QED) is 0.134. The number of hydrogen-bond acceptors (Lipinski definition) is 14. The van der Waals surface area contributed by atoms with Crippen LogP contribution in [0.2, 0.25) is 0 Å². The molecule has 0 aromatic carbocycles. The summed E-state index contributed by atoms with van der Waals surface area (Å²) in [6, 6.07) is 0. The molecule has 1 atom stereocenters. The molecule has 0 amide bonds. The van der Waals surface area contributed by atoms with E-state index in [2.05, 4.69) is 4.74 Å². The monoisotopic (exact) mass is 640 g/mol. The number of carbonyl (C=O) groups is 6. The average Bonchev–Trinajstić information content (AvgIpc) is 2.99. The highest BCUT2D eigenvalue weighted by atomic mass is 16.8. The van der Waals surface area contributed by atoms with Crippen molar-refractivity contribution in [2.75, 3.05) is 7.11 Å². The number of carbonyl (C=O) groups excluding carboxylic acids is 6. The molecule has 14 nitrogen and oxygen atoms in total. The molecule has 2 spiro atoms. The van der Waals surface area contributed by atoms with E-state index in [4.69, 9.17) is 28.4 Å². The van der Waals surface area contributed by atoms with Crippen LogP contribution in [0.1, 0.15) is 52.4 Å². The summed E-state index contributed by atoms with van der Waals surface area (Å²) >= 11 is 0. The van der Waals surface area contributed by atoms with E-state index in [1.807, 2.05) is 6.92 Å². The fourth-order valence-electron chi connectivity index (χ4n) is 4.78. The average molecular weight is 641 g/mol. The van der Waals surface area contributed by atoms with Crippen molar-refractivity contribution in [2.45, 2.75) is 69.7 Å². The van der Waals surface area contributed by atoms with Crippen LogP contribution in [0.15, 0.2) is 83.4 Å². The first kappa shape index (κ1) is 33.5. The molecule has 0 radical (unpaired) electrons. The Kier molecular flexibility index (Phi) is 9.98. The van der Waals surface area contributed by atoms with Crippen LogP contribution in [0.25, 0.3) is 0 Å². The third-order valence-corrected chi connectivity index (χ3v) is 7.28. The summed E-state index contributed by atoms with van der Waals surface area (Å²) in [5.74, 6) is -10.5. The first-order valence-corrected chi connectivity index (χ1v) is 14.2. The van der Waals surface area contributed by atoms with Crippen molar-refractivity contribution in [3.05, 3.63) is 83.4 Å². The van der Waals surface area contributed by atoms with Gasteiger partial charge in [0.25, 0.3) is 23.3 Å². The van der Waals surface area contributed by atoms with Crippen molar-refractivity contribution >= 4 is 35.8 Å². The number of esters is 6. The van der Waals surface area contributed by atoms with Crippen molar-refractivity contribution in [3.8, 4) is 0 Å². The van der Waals surface area contributed by atoms with Gasteiger partial charge in [-0.3, -0.25) is 4.79 Å². The van der Waals surface area contributed by atoms with Gasteiger partial charge in [0.2, 0.25) is 0 Å². The summed E-state index contributed by atoms with van der Waals surface area (Å²) in [6.07, 6.45) is 13.7. The van der Waals surface area contributed by atoms with Crippen molar-refractivity contribution in [3.63, 3.8) is 0 Å². The van der Waals surface area contributed by atoms with Crippen LogP contribution in [0, 0.1) is 0 Å². The van der Waals surface area contributed by atoms with E-state index in [0.29, 0.717) is 0 Å². The fourth-order valence-corrected chi connectivity index (χ4v) is 4.78. The molecule has 2 saturated heterocycles. The Morgan fingerprint density at radius 1 is 0.717 bits per heavy atom. The predicted molar refractivity (Wildman–Crippen MR) is 153 cm³/mol. The maximum Gasteiger partial charge on any atom is 0.348 e. The van der Waals surface area contributed by atoms with Gasteiger partial charge in [-0.1, -0.05) is 42.5 Å². The van der Waals surface area contributed by atoms with Gasteiger partial charge in [0.15, 0.2) is 0 Å². The minimum Gasteiger partial charge on any atom is -0.480 e. The smallest absolute Gasteiger partial charge is 0.348 e. The van der Waals surface area contributed by atoms with Gasteiger partial charge >= 0.3 is 35.8 Å². The topological polar surface area (TPSA) is 187 Å². The highest BCUT2D eigenvalue weighted by Crippen LogP contribution is 2.45. The van der Waals surface area contributed by atoms with Crippen LogP contribution in [0.3, 0.4) is 0 Å². The molecule has 3 aliphatic heterocycles. The lowest BCUT2D eigenvalue weighted by Crippen LogP contribution is -2.56. The van der Waals surface area contributed by atoms with Crippen LogP contribution in [0.4, 0.5) is 0 Å². The van der Waals surface area contributed by atoms with E-state index >= 15 is 0 Å². The van der Waals surface area contributed by atoms with Crippen molar-refractivity contribution < 1.29 is 67.0 Å². The lowest BCUT2D eigenvalue weighted by Gasteiger charge is -2.45. The van der Waals surface area contributed by atoms with Gasteiger partial charge in [-0.2, -0.15) is 0 Å². The van der Waals surface area contributed by atoms with E-state index in [1.165, 1.54) is 50.5 Å². The third kappa shape index (κ3) is 7.62. The number of hydrogen-bond donors (Lipinski definition) is 1. The number of allylic oxidation sites excluding steroid dienone is 9. The molecule has 1 aliphatic carbocycles. The summed E-state index contributed by atoms with van der Waals surface area (Å²) in [6.45, 7) is 3.19. The Bertz CT molecular complexity index is 1480. The lowest BCUT2D eigenvalue weighted by atomic mass is 9.87. The van der Waals surface area contributed by atoms with Crippen LogP contribution in [-0.4, -0.2) is 65.4 Å². The molecule has 1 N–H and O–H groups in total. The zero-order chi connectivity index (χ0) is 33.5. The van der Waals surface area contributed by atoms with Gasteiger partial charge in [-0.25, -0.2) is 24.0 Å². The number of cyclic esters (lactones) is 1. The second kappa shape index (κ2) is 13.7. The highest BCUT2D eigenvalue weighted by molar-refractivity contribution is 6.16. The first-order chi connectivity index (χ1) is 21.8. The minimum atomic E-state index is -1.62. The van der Waals surface area contributed by atoms with Gasteiger partial charge in [0.05, 0.1) is 13.5 Å². The molecule has 0 aromatic rings. The molecule has 1 unspecified atom stereocenters. The summed E-state index contributed by atoms with van der Waals surface area (Å²) in [4.78, 5) is 74.3. The summed E-state index contributed by atoms with van der Waals surface area (Å²) in [5, 5.41) is 10.2. The Labute approximate surface area is 263 Å². The van der Waals surface area contributed by atoms with Crippen LogP contribution in [-0.2, 0) is 61.9 Å². The van der Waals surface area contributed by atoms with Gasteiger partial charge in [-0.05, 0) is 25.2 Å². The lowest BCUT2D eigenvalue weighted by molar-refractivity contribution is -0.291. The number of methoxy groups -OCH3 is 1. The standard InChI is InChI=1S/C32H32O14/c1-4-5-6-8-11-21-26(36)43-31(44-27(21)37)16-18-32(19-17-31)45-28(38)22(29(39)46-32)13-10-7-9-12-20-24(34)41-30(2,42-25(20)35)15-14-23(33)40-3/h4-13,34H,14-19H2,1-3H3. The Balaban J connectivity index is 1.33. The van der Waals surface area contributed by atoms with Crippen molar-refractivity contribution in [1.29, 1.82) is 0 Å². The van der Waals surface area contributed by atoms with E-state index in [1.54, 1.807) is 18.2 Å². The minimum absolute atomic E-state index is 0.0524. The van der Waals surface area contributed by atoms with Gasteiger partial charge in [-0.15, -0.1) is 0 Å². The van der Waals surface area contributed by atoms with Crippen LogP contribution >= 0.6 is 0 Å². The maximum atomic E-state index is 12.7. The SMILES string of the molecule is CC=CC=CC=C1C(=O)OC2(CCC3(CC2)OC(=O)C(=CC=CC=CC2=C(O)OC(C)(CCC(=O)OC)OC2=O)C(=O)O3)OC1=O. The number of rotatable bonds is 8. The van der Waals surface area contributed by atoms with Crippen molar-refractivity contribution in [1.82, 2.24) is 0 Å². The number of ether oxygens (including phenoxy) is 7. The predicted octanol–water partition coefficient (Wildman–Crippen LogP) is 3.26. The number of aliphatic hydroxyl groups is 1. The van der Waals surface area contributed by atoms with Gasteiger partial charge < -0.3 is 38.3 Å². The fraction of sp³-hybridized carbons (Fsp3) is 0.375. The molecule has 0 bridgehead atoms. The summed E-state index contributed by atoms with van der Waals surface area (Å²) < 4.78 is 36.9. The molecule has 0 aromatic heterocycles. The molecule has 244 valence electrons. The summed E-state index contributed by atoms with van der Waals surface area (Å²) in [5.41, 5.74) is -0.976. The molecular formula is C32H32O14. The van der Waals surface area contributed by atoms with Crippen molar-refractivity contribution in [2.24, 2.45) is 0 Å². The normalized spacial score (nSPS) is 28.5. The number of aliphatic hydroxyl groups excluding tert-OH is 1. The molecule has 46 heavy (non-hydrogen) atoms. The molecule has 14 heteroatoms. The second-order valence-corrected chi connectivity index (χ2v) is 10.6. The molecular weight excluding hydrogens is 608 g/mol. The second-order valence-electron chi connectivity index (χ2n) is 10.6. The largest absolute Gasteiger partial charge is 0.480 e. The zero-order valence-corrected chi connectivity index (χ0v) is 25.3. The Morgan fingerprint density at radius 2 is 1.20 bits per heavy atom. The van der Waals surface area contributed by atoms with Crippen LogP contribution < -0.4 is 0 Å². The van der Waals surface area contributed by atoms with Gasteiger partial charge in [0.1, 0.15) is 16.7 Å². The molecule has 1 saturated carbocycles. The van der Waals surface area contributed by atoms with Gasteiger partial charge in [0, 0.05) is 39.0 Å². The third-order valence-electron chi connectivity index (χ3n) is 7.28. The Hall–Kier alpha value is -5.40. The highest BCUT2D eigenvalue weighted by Gasteiger charge is 2.56. The van der Waals surface area contributed by atoms with E-state index in [0.717, 1.165) is 6.08 Å². The Morgan fingerprint density at radius 3 is 1.63 bits per heavy atom. The maximum absolute atomic E-state index is 12.7. The molecule has 3 heterocycles. The zero-order valence-electron chi connectivity index (χ0n) is 25.3. The van der Waals surface area contributed by atoms with Crippen LogP contribution in [0.5, 0.6) is 0 Å². The molecule has 4 rings (SSSR count). The summed E-state index contributed by atoms with van der Waals surface area (Å²) in [7, 11) is 1.21. The first-order valence-electron chi connectivity index (χ1n) is 14.2.